The van der Waals surface area contributed by atoms with Crippen molar-refractivity contribution in [2.45, 2.75) is 26.7 Å². The molecule has 0 aromatic carbocycles. The zero-order chi connectivity index (χ0) is 14.9. The van der Waals surface area contributed by atoms with Gasteiger partial charge in [-0.2, -0.15) is 0 Å². The van der Waals surface area contributed by atoms with Gasteiger partial charge in [-0.15, -0.1) is 5.10 Å². The Morgan fingerprint density at radius 1 is 1.35 bits per heavy atom. The third-order valence-corrected chi connectivity index (χ3v) is 3.10. The lowest BCUT2D eigenvalue weighted by molar-refractivity contribution is 0.101. The van der Waals surface area contributed by atoms with E-state index >= 15 is 0 Å². The van der Waals surface area contributed by atoms with Crippen molar-refractivity contribution in [2.75, 3.05) is 5.32 Å². The van der Waals surface area contributed by atoms with E-state index in [1.54, 1.807) is 13.0 Å². The molecule has 2 aromatic rings. The predicted molar refractivity (Wildman–Crippen MR) is 77.4 cm³/mol. The van der Waals surface area contributed by atoms with Crippen LogP contribution in [0.1, 0.15) is 41.8 Å². The van der Waals surface area contributed by atoms with E-state index in [2.05, 4.69) is 25.5 Å². The van der Waals surface area contributed by atoms with Crippen molar-refractivity contribution < 1.29 is 4.79 Å². The summed E-state index contributed by atoms with van der Waals surface area (Å²) in [5.41, 5.74) is 1.11. The maximum atomic E-state index is 12.1. The van der Waals surface area contributed by atoms with Crippen LogP contribution in [0, 0.1) is 6.92 Å². The Morgan fingerprint density at radius 2 is 2.05 bits per heavy atom. The van der Waals surface area contributed by atoms with E-state index in [1.807, 2.05) is 13.8 Å². The summed E-state index contributed by atoms with van der Waals surface area (Å²) in [4.78, 5) is 20.1. The molecule has 0 radical (unpaired) electrons. The molecule has 0 bridgehead atoms. The molecule has 0 aliphatic carbocycles. The standard InChI is InChI=1S/C12H13Cl2N5O/c1-5(2)10-17-11(19-18-10)12(20)16-8-6(3)4-7(13)15-9(8)14/h4-5H,1-3H3,(H,16,20)(H,17,18,19). The molecule has 1 amide bonds. The molecule has 20 heavy (non-hydrogen) atoms. The lowest BCUT2D eigenvalue weighted by Gasteiger charge is -2.08. The first-order valence-electron chi connectivity index (χ1n) is 5.94. The maximum Gasteiger partial charge on any atom is 0.295 e. The molecule has 2 aromatic heterocycles. The van der Waals surface area contributed by atoms with E-state index in [-0.39, 0.29) is 22.0 Å². The highest BCUT2D eigenvalue weighted by atomic mass is 35.5. The van der Waals surface area contributed by atoms with Gasteiger partial charge in [0.15, 0.2) is 5.15 Å². The number of hydrogen-bond donors (Lipinski definition) is 2. The molecule has 0 unspecified atom stereocenters. The number of H-pyrrole nitrogens is 1. The molecule has 106 valence electrons. The minimum Gasteiger partial charge on any atom is -0.316 e. The molecule has 0 aliphatic heterocycles. The summed E-state index contributed by atoms with van der Waals surface area (Å²) in [6.45, 7) is 5.67. The highest BCUT2D eigenvalue weighted by Gasteiger charge is 2.17. The van der Waals surface area contributed by atoms with E-state index in [0.717, 1.165) is 0 Å². The summed E-state index contributed by atoms with van der Waals surface area (Å²) < 4.78 is 0. The lowest BCUT2D eigenvalue weighted by atomic mass is 10.2. The second kappa shape index (κ2) is 5.76. The summed E-state index contributed by atoms with van der Waals surface area (Å²) in [5, 5.41) is 9.63. The Labute approximate surface area is 125 Å². The van der Waals surface area contributed by atoms with Gasteiger partial charge in [-0.05, 0) is 18.6 Å². The van der Waals surface area contributed by atoms with E-state index in [4.69, 9.17) is 23.2 Å². The first-order chi connectivity index (χ1) is 9.38. The number of aromatic amines is 1. The quantitative estimate of drug-likeness (QED) is 0.852. The normalized spacial score (nSPS) is 10.9. The van der Waals surface area contributed by atoms with Crippen molar-refractivity contribution in [2.24, 2.45) is 0 Å². The molecule has 0 saturated heterocycles. The topological polar surface area (TPSA) is 83.6 Å². The average molecular weight is 314 g/mol. The van der Waals surface area contributed by atoms with Gasteiger partial charge in [0, 0.05) is 5.92 Å². The SMILES string of the molecule is Cc1cc(Cl)nc(Cl)c1NC(=O)c1n[nH]c(C(C)C)n1. The number of pyridine rings is 1. The Morgan fingerprint density at radius 3 is 2.60 bits per heavy atom. The molecule has 2 N–H and O–H groups in total. The number of halogens is 2. The largest absolute Gasteiger partial charge is 0.316 e. The van der Waals surface area contributed by atoms with Crippen LogP contribution in [-0.2, 0) is 0 Å². The molecule has 0 saturated carbocycles. The van der Waals surface area contributed by atoms with Gasteiger partial charge < -0.3 is 5.32 Å². The van der Waals surface area contributed by atoms with Crippen LogP contribution >= 0.6 is 23.2 Å². The molecule has 0 aliphatic rings. The van der Waals surface area contributed by atoms with E-state index in [0.29, 0.717) is 17.1 Å². The Bertz CT molecular complexity index is 630. The van der Waals surface area contributed by atoms with Crippen LogP contribution in [0.3, 0.4) is 0 Å². The number of hydrogen-bond acceptors (Lipinski definition) is 4. The molecule has 2 heterocycles. The second-order valence-corrected chi connectivity index (χ2v) is 5.33. The molecular formula is C12H13Cl2N5O. The molecule has 0 fully saturated rings. The van der Waals surface area contributed by atoms with E-state index in [1.165, 1.54) is 0 Å². The van der Waals surface area contributed by atoms with Gasteiger partial charge in [0.05, 0.1) is 5.69 Å². The molecule has 0 atom stereocenters. The van der Waals surface area contributed by atoms with Crippen molar-refractivity contribution >= 4 is 34.8 Å². The Balaban J connectivity index is 2.23. The minimum atomic E-state index is -0.456. The number of rotatable bonds is 3. The number of anilines is 1. The van der Waals surface area contributed by atoms with Crippen LogP contribution in [-0.4, -0.2) is 26.1 Å². The molecule has 6 nitrogen and oxygen atoms in total. The van der Waals surface area contributed by atoms with Crippen molar-refractivity contribution in [3.8, 4) is 0 Å². The fraction of sp³-hybridized carbons (Fsp3) is 0.333. The number of aryl methyl sites for hydroxylation is 1. The fourth-order valence-corrected chi connectivity index (χ4v) is 2.13. The number of nitrogens with zero attached hydrogens (tertiary/aromatic N) is 3. The number of carbonyl (C=O) groups is 1. The predicted octanol–water partition coefficient (Wildman–Crippen LogP) is 3.19. The zero-order valence-corrected chi connectivity index (χ0v) is 12.7. The van der Waals surface area contributed by atoms with Gasteiger partial charge in [-0.3, -0.25) is 9.89 Å². The van der Waals surface area contributed by atoms with Crippen LogP contribution in [0.25, 0.3) is 0 Å². The van der Waals surface area contributed by atoms with Crippen LogP contribution in [0.2, 0.25) is 10.3 Å². The van der Waals surface area contributed by atoms with Crippen molar-refractivity contribution in [1.29, 1.82) is 0 Å². The van der Waals surface area contributed by atoms with E-state index < -0.39 is 5.91 Å². The van der Waals surface area contributed by atoms with Gasteiger partial charge in [0.25, 0.3) is 5.91 Å². The van der Waals surface area contributed by atoms with Crippen molar-refractivity contribution in [3.63, 3.8) is 0 Å². The average Bonchev–Trinajstić information content (AvgIpc) is 2.83. The lowest BCUT2D eigenvalue weighted by Crippen LogP contribution is -2.15. The maximum absolute atomic E-state index is 12.1. The highest BCUT2D eigenvalue weighted by Crippen LogP contribution is 2.26. The summed E-state index contributed by atoms with van der Waals surface area (Å²) >= 11 is 11.7. The van der Waals surface area contributed by atoms with Crippen LogP contribution in [0.5, 0.6) is 0 Å². The van der Waals surface area contributed by atoms with Gasteiger partial charge in [-0.1, -0.05) is 37.0 Å². The smallest absolute Gasteiger partial charge is 0.295 e. The summed E-state index contributed by atoms with van der Waals surface area (Å²) in [5.74, 6) is 0.403. The molecule has 8 heteroatoms. The molecule has 0 spiro atoms. The molecule has 2 rings (SSSR count). The van der Waals surface area contributed by atoms with Crippen LogP contribution in [0.4, 0.5) is 5.69 Å². The Kier molecular flexibility index (Phi) is 4.25. The zero-order valence-electron chi connectivity index (χ0n) is 11.2. The van der Waals surface area contributed by atoms with Gasteiger partial charge in [0.1, 0.15) is 11.0 Å². The Hall–Kier alpha value is -1.66. The van der Waals surface area contributed by atoms with Crippen molar-refractivity contribution in [3.05, 3.63) is 33.6 Å². The summed E-state index contributed by atoms with van der Waals surface area (Å²) in [7, 11) is 0. The molecular weight excluding hydrogens is 301 g/mol. The van der Waals surface area contributed by atoms with E-state index in [9.17, 15) is 4.79 Å². The van der Waals surface area contributed by atoms with Gasteiger partial charge in [-0.25, -0.2) is 9.97 Å². The van der Waals surface area contributed by atoms with Crippen LogP contribution < -0.4 is 5.32 Å². The van der Waals surface area contributed by atoms with Crippen molar-refractivity contribution in [1.82, 2.24) is 20.2 Å². The third-order valence-electron chi connectivity index (χ3n) is 2.63. The van der Waals surface area contributed by atoms with Crippen LogP contribution in [0.15, 0.2) is 6.07 Å². The highest BCUT2D eigenvalue weighted by molar-refractivity contribution is 6.35. The van der Waals surface area contributed by atoms with Gasteiger partial charge >= 0.3 is 0 Å². The van der Waals surface area contributed by atoms with Gasteiger partial charge in [0.2, 0.25) is 5.82 Å². The fourth-order valence-electron chi connectivity index (χ4n) is 1.55. The number of carbonyl (C=O) groups excluding carboxylic acids is 1. The number of nitrogens with one attached hydrogen (secondary N) is 2. The number of amides is 1. The first kappa shape index (κ1) is 14.7. The monoisotopic (exact) mass is 313 g/mol. The minimum absolute atomic E-state index is 0.0547. The number of aromatic nitrogens is 4. The third kappa shape index (κ3) is 3.08. The summed E-state index contributed by atoms with van der Waals surface area (Å²) in [6.07, 6.45) is 0. The first-order valence-corrected chi connectivity index (χ1v) is 6.70. The summed E-state index contributed by atoms with van der Waals surface area (Å²) in [6, 6.07) is 1.61. The second-order valence-electron chi connectivity index (χ2n) is 4.58.